The van der Waals surface area contributed by atoms with E-state index in [1.807, 2.05) is 194 Å². The van der Waals surface area contributed by atoms with Crippen LogP contribution in [0.25, 0.3) is 37.6 Å². The summed E-state index contributed by atoms with van der Waals surface area (Å²) in [6.45, 7) is 54.4. The first-order chi connectivity index (χ1) is 64.0. The van der Waals surface area contributed by atoms with Crippen molar-refractivity contribution in [1.82, 2.24) is 15.0 Å². The van der Waals surface area contributed by atoms with E-state index in [2.05, 4.69) is 89.8 Å². The van der Waals surface area contributed by atoms with Crippen molar-refractivity contribution in [3.8, 4) is 20.9 Å². The zero-order valence-corrected chi connectivity index (χ0v) is 92.5. The molecule has 4 atom stereocenters. The molecule has 746 valence electrons. The lowest BCUT2D eigenvalue weighted by molar-refractivity contribution is -0.167. The number of nitrogens with zero attached hydrogens (tertiary/aromatic N) is 3. The van der Waals surface area contributed by atoms with Crippen LogP contribution in [0, 0.1) is 49.4 Å². The molecule has 28 heteroatoms. The fourth-order valence-electron chi connectivity index (χ4n) is 18.4. The summed E-state index contributed by atoms with van der Waals surface area (Å²) in [5, 5.41) is 10.1. The highest BCUT2D eigenvalue weighted by Gasteiger charge is 2.56. The van der Waals surface area contributed by atoms with Crippen LogP contribution in [0.15, 0.2) is 108 Å². The first-order valence-electron chi connectivity index (χ1n) is 49.1. The quantitative estimate of drug-likeness (QED) is 0.0378. The molecule has 0 amide bonds. The molecular formula is C109H148B2BrCl2N3O16S4. The number of carbonyl (C=O) groups excluding carboxylic acids is 3. The molecule has 2 aliphatic heterocycles. The van der Waals surface area contributed by atoms with Gasteiger partial charge in [0, 0.05) is 105 Å². The number of hydrogen-bond acceptors (Lipinski definition) is 22. The number of carbonyl (C=O) groups is 4. The SMILES string of the molecule is CC1(C)OB(C2=CCC3(CC2)CC3)OC1(C)C.CC1(C)OB(c2ccncc2)OC1(C)C.CCOC(=O)C(OC(C)(C)C)c1c(C)sc(-c2ccncc2)c1C1=CCC2(CC1)CC2.CCOC(=O)C(OC(C)(C)C)c1c(C)sc(Cl)c1Br.CCOC(=O)C(OC(C)(C)C)c1c(C)sc(Cl)c1C1=CCC2(CC1)CC2.Cc1sc(-c2ccncc2)c(C2=CCC3(CC2)CC3)c1C(OC(C)(C)C)C(=O)O. The molecule has 1 N–H and O–H groups in total. The number of aliphatic carboxylic acids is 1. The van der Waals surface area contributed by atoms with Crippen LogP contribution in [0.3, 0.4) is 0 Å². The standard InChI is InChI=1S/C26H33NO3S.C24H29NO3S.C21H29ClO3S.C14H23BO2.C13H18BrClO3S.C11H16BNO2/c1-6-29-24(28)22(30-25(3,4)5)20-17(2)31-23(19-9-15-27-16-10-19)21(20)18-7-11-26(12-8-18)13-14-26;1-15-18(20(22(26)27)28-23(2,3)4)19(16-5-9-24(10-6-16)11-12-24)21(29-15)17-7-13-25-14-8-17;1-6-24-19(23)17(25-20(3,4)5)15-13(2)26-18(22)16(15)14-7-9-21(10-8-14)11-12-21;1-12(2)13(3,4)17-15(16-12)11-5-7-14(8-6-11)9-10-14;1-6-17-12(16)10(18-13(3,4)5)8-7(2)19-11(15)9(8)14;1-10(2)11(3,4)15-12(14-10)9-5-7-13-8-6-9/h7,9-10,15-16,22H,6,8,11-14H2,1-5H3;5,7-8,13-14,20H,6,9-12H2,1-4H3,(H,26,27);7,17H,6,8-12H2,1-5H3;5H,6-10H2,1-4H3;10H,6H2,1-5H3;5-8H,1-4H3. The van der Waals surface area contributed by atoms with Crippen molar-refractivity contribution < 1.29 is 76.1 Å². The predicted octanol–water partition coefficient (Wildman–Crippen LogP) is 29.5. The van der Waals surface area contributed by atoms with Crippen molar-refractivity contribution in [3.63, 3.8) is 0 Å². The Hall–Kier alpha value is -6.04. The van der Waals surface area contributed by atoms with E-state index in [4.69, 9.17) is 75.0 Å². The fraction of sp³-hybridized carbons (Fsp3) is 0.606. The van der Waals surface area contributed by atoms with E-state index >= 15 is 0 Å². The largest absolute Gasteiger partial charge is 0.494 e. The minimum Gasteiger partial charge on any atom is -0.479 e. The highest BCUT2D eigenvalue weighted by Crippen LogP contribution is 2.62. The smallest absolute Gasteiger partial charge is 0.479 e. The molecule has 17 rings (SSSR count). The summed E-state index contributed by atoms with van der Waals surface area (Å²) >= 11 is 22.5. The second kappa shape index (κ2) is 43.9. The number of pyridine rings is 3. The molecule has 0 radical (unpaired) electrons. The van der Waals surface area contributed by atoms with E-state index in [0.29, 0.717) is 50.3 Å². The first kappa shape index (κ1) is 110. The lowest BCUT2D eigenvalue weighted by Crippen LogP contribution is -2.41. The minimum atomic E-state index is -0.977. The Morgan fingerprint density at radius 2 is 0.686 bits per heavy atom. The average molecular weight is 2060 g/mol. The van der Waals surface area contributed by atoms with Gasteiger partial charge in [-0.1, -0.05) is 47.5 Å². The molecule has 4 unspecified atom stereocenters. The Kier molecular flexibility index (Phi) is 35.1. The summed E-state index contributed by atoms with van der Waals surface area (Å²) in [5.74, 6) is -1.97. The van der Waals surface area contributed by atoms with Gasteiger partial charge >= 0.3 is 38.1 Å². The maximum absolute atomic E-state index is 13.1. The number of halogens is 3. The Morgan fingerprint density at radius 3 is 0.985 bits per heavy atom. The number of rotatable bonds is 22. The normalized spacial score (nSPS) is 20.5. The van der Waals surface area contributed by atoms with Crippen molar-refractivity contribution >= 4 is 145 Å². The molecule has 7 aromatic heterocycles. The Balaban J connectivity index is 0.000000150. The van der Waals surface area contributed by atoms with Crippen LogP contribution in [0.5, 0.6) is 0 Å². The fourth-order valence-corrected chi connectivity index (χ4v) is 24.5. The van der Waals surface area contributed by atoms with Crippen LogP contribution in [0.1, 0.15) is 371 Å². The average Bonchev–Trinajstić information content (AvgIpc) is 1.62. The molecular weight excluding hydrogens is 1910 g/mol. The third-order valence-corrected chi connectivity index (χ3v) is 34.7. The predicted molar refractivity (Wildman–Crippen MR) is 562 cm³/mol. The molecule has 0 bridgehead atoms. The Labute approximate surface area is 851 Å². The van der Waals surface area contributed by atoms with Gasteiger partial charge in [-0.25, -0.2) is 19.2 Å². The molecule has 9 heterocycles. The molecule has 8 aliphatic carbocycles. The van der Waals surface area contributed by atoms with Gasteiger partial charge in [0.1, 0.15) is 8.67 Å². The number of ether oxygens (including phenoxy) is 7. The summed E-state index contributed by atoms with van der Waals surface area (Å²) in [5.41, 5.74) is 14.6. The van der Waals surface area contributed by atoms with Gasteiger partial charge in [-0.15, -0.1) is 45.3 Å². The third kappa shape index (κ3) is 27.7. The number of aryl methyl sites for hydroxylation is 4. The maximum Gasteiger partial charge on any atom is 0.494 e. The van der Waals surface area contributed by atoms with E-state index in [1.165, 1.54) is 139 Å². The van der Waals surface area contributed by atoms with E-state index < -0.39 is 58.8 Å². The van der Waals surface area contributed by atoms with Gasteiger partial charge in [0.2, 0.25) is 0 Å². The molecule has 137 heavy (non-hydrogen) atoms. The number of hydrogen-bond donors (Lipinski definition) is 1. The summed E-state index contributed by atoms with van der Waals surface area (Å²) in [6.07, 6.45) is 41.8. The number of carboxylic acids is 1. The van der Waals surface area contributed by atoms with Crippen molar-refractivity contribution in [3.05, 3.63) is 175 Å². The van der Waals surface area contributed by atoms with E-state index in [-0.39, 0.29) is 48.6 Å². The summed E-state index contributed by atoms with van der Waals surface area (Å²) in [6, 6.07) is 11.9. The van der Waals surface area contributed by atoms with E-state index in [9.17, 15) is 24.3 Å². The van der Waals surface area contributed by atoms with Crippen LogP contribution in [-0.4, -0.2) is 123 Å². The Bertz CT molecular complexity index is 5500. The van der Waals surface area contributed by atoms with Crippen LogP contribution < -0.4 is 5.46 Å². The van der Waals surface area contributed by atoms with E-state index in [1.54, 1.807) is 54.4 Å². The minimum absolute atomic E-state index is 0.101. The second-order valence-corrected chi connectivity index (χ2v) is 51.6. The molecule has 2 saturated heterocycles. The monoisotopic (exact) mass is 2050 g/mol. The van der Waals surface area contributed by atoms with Crippen LogP contribution in [0.2, 0.25) is 8.67 Å². The van der Waals surface area contributed by atoms with Crippen molar-refractivity contribution in [2.24, 2.45) is 21.7 Å². The lowest BCUT2D eigenvalue weighted by Gasteiger charge is -2.32. The highest BCUT2D eigenvalue weighted by molar-refractivity contribution is 9.10. The van der Waals surface area contributed by atoms with Crippen molar-refractivity contribution in [2.75, 3.05) is 19.8 Å². The van der Waals surface area contributed by atoms with Gasteiger partial charge < -0.3 is 56.9 Å². The molecule has 4 spiro atoms. The number of esters is 3. The lowest BCUT2D eigenvalue weighted by atomic mass is 9.70. The van der Waals surface area contributed by atoms with Gasteiger partial charge in [0.05, 0.1) is 69.1 Å². The maximum atomic E-state index is 13.1. The number of thiophene rings is 4. The zero-order chi connectivity index (χ0) is 100. The summed E-state index contributed by atoms with van der Waals surface area (Å²) in [4.78, 5) is 69.0. The topological polar surface area (TPSA) is 229 Å². The Morgan fingerprint density at radius 1 is 0.401 bits per heavy atom. The molecule has 0 aromatic carbocycles. The molecule has 6 fully saturated rings. The summed E-state index contributed by atoms with van der Waals surface area (Å²) < 4.78 is 66.4. The van der Waals surface area contributed by atoms with Gasteiger partial charge in [-0.05, 0) is 428 Å². The second-order valence-electron chi connectivity index (χ2n) is 44.7. The van der Waals surface area contributed by atoms with Crippen LogP contribution in [-0.2, 0) is 71.0 Å². The molecule has 7 aromatic rings. The highest BCUT2D eigenvalue weighted by atomic mass is 79.9. The van der Waals surface area contributed by atoms with Crippen molar-refractivity contribution in [1.29, 1.82) is 0 Å². The molecule has 10 aliphatic rings. The van der Waals surface area contributed by atoms with Gasteiger partial charge in [-0.2, -0.15) is 0 Å². The third-order valence-electron chi connectivity index (χ3n) is 28.4. The van der Waals surface area contributed by atoms with Gasteiger partial charge in [0.15, 0.2) is 24.4 Å². The summed E-state index contributed by atoms with van der Waals surface area (Å²) in [7, 11) is -0.380. The number of allylic oxidation sites excluding steroid dienone is 8. The van der Waals surface area contributed by atoms with E-state index in [0.717, 1.165) is 124 Å². The van der Waals surface area contributed by atoms with Crippen LogP contribution in [0.4, 0.5) is 0 Å². The van der Waals surface area contributed by atoms with Gasteiger partial charge in [-0.3, -0.25) is 15.0 Å². The van der Waals surface area contributed by atoms with Crippen molar-refractivity contribution in [2.45, 2.75) is 385 Å². The van der Waals surface area contributed by atoms with Gasteiger partial charge in [0.25, 0.3) is 0 Å². The molecule has 4 saturated carbocycles. The number of aromatic nitrogens is 3. The number of carboxylic acid groups (broad SMARTS) is 1. The van der Waals surface area contributed by atoms with Crippen LogP contribution >= 0.6 is 84.5 Å². The molecule has 19 nitrogen and oxygen atoms in total. The first-order valence-corrected chi connectivity index (χ1v) is 54.0. The zero-order valence-electron chi connectivity index (χ0n) is 86.1.